The number of aromatic nitrogens is 1. The minimum absolute atomic E-state index is 0.123. The van der Waals surface area contributed by atoms with Crippen molar-refractivity contribution in [3.63, 3.8) is 0 Å². The lowest BCUT2D eigenvalue weighted by molar-refractivity contribution is -0.274. The predicted molar refractivity (Wildman–Crippen MR) is 95.6 cm³/mol. The quantitative estimate of drug-likeness (QED) is 0.489. The number of carbonyl (C=O) groups excluding carboxylic acids is 2. The highest BCUT2D eigenvalue weighted by Crippen LogP contribution is 2.29. The van der Waals surface area contributed by atoms with Crippen LogP contribution in [0.25, 0.3) is 10.9 Å². The number of ketones is 1. The molecular formula is C19H13ClF3NO4. The molecule has 3 rings (SSSR count). The van der Waals surface area contributed by atoms with Gasteiger partial charge in [0.2, 0.25) is 5.78 Å². The fourth-order valence-electron chi connectivity index (χ4n) is 2.77. The Morgan fingerprint density at radius 1 is 1.11 bits per heavy atom. The Balaban J connectivity index is 2.01. The maximum atomic E-state index is 12.9. The van der Waals surface area contributed by atoms with Crippen molar-refractivity contribution in [2.75, 3.05) is 7.11 Å². The third kappa shape index (κ3) is 4.28. The molecule has 0 aliphatic heterocycles. The van der Waals surface area contributed by atoms with Crippen molar-refractivity contribution in [1.29, 1.82) is 0 Å². The molecule has 5 nitrogen and oxygen atoms in total. The van der Waals surface area contributed by atoms with E-state index in [0.29, 0.717) is 21.5 Å². The Hall–Kier alpha value is -3.00. The van der Waals surface area contributed by atoms with E-state index < -0.39 is 23.9 Å². The van der Waals surface area contributed by atoms with Gasteiger partial charge in [-0.15, -0.1) is 13.2 Å². The van der Waals surface area contributed by atoms with E-state index in [-0.39, 0.29) is 17.7 Å². The first-order valence-electron chi connectivity index (χ1n) is 7.95. The van der Waals surface area contributed by atoms with E-state index in [1.165, 1.54) is 19.2 Å². The number of ether oxygens (including phenoxy) is 2. The molecule has 0 saturated heterocycles. The van der Waals surface area contributed by atoms with Gasteiger partial charge in [-0.3, -0.25) is 9.59 Å². The monoisotopic (exact) mass is 411 g/mol. The van der Waals surface area contributed by atoms with Gasteiger partial charge in [0.25, 0.3) is 0 Å². The molecule has 1 heterocycles. The number of hydrogen-bond acceptors (Lipinski definition) is 4. The summed E-state index contributed by atoms with van der Waals surface area (Å²) in [5.74, 6) is -1.49. The average Bonchev–Trinajstić information content (AvgIpc) is 2.98. The Labute approximate surface area is 162 Å². The van der Waals surface area contributed by atoms with Crippen molar-refractivity contribution >= 4 is 34.3 Å². The van der Waals surface area contributed by atoms with Gasteiger partial charge in [-0.25, -0.2) is 0 Å². The second kappa shape index (κ2) is 7.55. The van der Waals surface area contributed by atoms with E-state index in [0.717, 1.165) is 12.1 Å². The summed E-state index contributed by atoms with van der Waals surface area (Å²) in [5.41, 5.74) is 1.24. The number of alkyl halides is 3. The average molecular weight is 412 g/mol. The van der Waals surface area contributed by atoms with Crippen molar-refractivity contribution in [3.8, 4) is 5.75 Å². The number of methoxy groups -OCH3 is 1. The molecular weight excluding hydrogens is 399 g/mol. The molecule has 1 N–H and O–H groups in total. The van der Waals surface area contributed by atoms with Gasteiger partial charge in [0.05, 0.1) is 19.2 Å². The van der Waals surface area contributed by atoms with Crippen LogP contribution in [0, 0.1) is 0 Å². The van der Waals surface area contributed by atoms with Crippen molar-refractivity contribution in [2.45, 2.75) is 12.8 Å². The Morgan fingerprint density at radius 3 is 2.39 bits per heavy atom. The highest BCUT2D eigenvalue weighted by atomic mass is 35.5. The number of carbonyl (C=O) groups is 2. The summed E-state index contributed by atoms with van der Waals surface area (Å²) in [7, 11) is 1.23. The second-order valence-electron chi connectivity index (χ2n) is 5.82. The SMILES string of the molecule is COC(=O)Cc1c(C(=O)c2ccc(OC(F)(F)F)cc2)[nH]c2ccc(Cl)cc12. The zero-order valence-corrected chi connectivity index (χ0v) is 15.1. The summed E-state index contributed by atoms with van der Waals surface area (Å²) in [6, 6.07) is 9.41. The van der Waals surface area contributed by atoms with Crippen LogP contribution in [0.1, 0.15) is 21.6 Å². The zero-order chi connectivity index (χ0) is 20.5. The molecule has 0 amide bonds. The minimum atomic E-state index is -4.82. The highest BCUT2D eigenvalue weighted by molar-refractivity contribution is 6.31. The summed E-state index contributed by atoms with van der Waals surface area (Å²) in [5, 5.41) is 1.00. The van der Waals surface area contributed by atoms with Crippen LogP contribution in [0.3, 0.4) is 0 Å². The molecule has 0 bridgehead atoms. The lowest BCUT2D eigenvalue weighted by Gasteiger charge is -2.09. The van der Waals surface area contributed by atoms with Crippen LogP contribution >= 0.6 is 11.6 Å². The van der Waals surface area contributed by atoms with Crippen LogP contribution in [0.2, 0.25) is 5.02 Å². The van der Waals surface area contributed by atoms with Crippen LogP contribution in [0.5, 0.6) is 5.75 Å². The smallest absolute Gasteiger partial charge is 0.469 e. The standard InChI is InChI=1S/C19H13ClF3NO4/c1-27-16(25)9-14-13-8-11(20)4-7-15(13)24-17(14)18(26)10-2-5-12(6-3-10)28-19(21,22)23/h2-8,24H,9H2,1H3. The maximum absolute atomic E-state index is 12.9. The number of fused-ring (bicyclic) bond motifs is 1. The largest absolute Gasteiger partial charge is 0.573 e. The van der Waals surface area contributed by atoms with Gasteiger partial charge in [-0.1, -0.05) is 11.6 Å². The molecule has 9 heteroatoms. The Bertz CT molecular complexity index is 1040. The Kier molecular flexibility index (Phi) is 5.33. The first kappa shape index (κ1) is 19.8. The van der Waals surface area contributed by atoms with E-state index in [4.69, 9.17) is 11.6 Å². The lowest BCUT2D eigenvalue weighted by Crippen LogP contribution is -2.17. The first-order chi connectivity index (χ1) is 13.2. The van der Waals surface area contributed by atoms with Gasteiger partial charge in [-0.05, 0) is 42.5 Å². The normalized spacial score (nSPS) is 11.5. The number of rotatable bonds is 5. The fourth-order valence-corrected chi connectivity index (χ4v) is 2.94. The van der Waals surface area contributed by atoms with E-state index in [9.17, 15) is 22.8 Å². The molecule has 0 aliphatic rings. The van der Waals surface area contributed by atoms with Gasteiger partial charge in [-0.2, -0.15) is 0 Å². The summed E-state index contributed by atoms with van der Waals surface area (Å²) >= 11 is 6.02. The predicted octanol–water partition coefficient (Wildman–Crippen LogP) is 4.67. The second-order valence-corrected chi connectivity index (χ2v) is 6.26. The highest BCUT2D eigenvalue weighted by Gasteiger charge is 2.31. The molecule has 0 unspecified atom stereocenters. The number of esters is 1. The van der Waals surface area contributed by atoms with Gasteiger partial charge < -0.3 is 14.5 Å². The molecule has 0 spiro atoms. The first-order valence-corrected chi connectivity index (χ1v) is 8.33. The van der Waals surface area contributed by atoms with Crippen molar-refractivity contribution in [1.82, 2.24) is 4.98 Å². The van der Waals surface area contributed by atoms with Crippen LogP contribution in [-0.4, -0.2) is 30.2 Å². The molecule has 2 aromatic carbocycles. The third-order valence-corrected chi connectivity index (χ3v) is 4.23. The van der Waals surface area contributed by atoms with E-state index in [2.05, 4.69) is 14.5 Å². The molecule has 146 valence electrons. The van der Waals surface area contributed by atoms with Gasteiger partial charge >= 0.3 is 12.3 Å². The summed E-state index contributed by atoms with van der Waals surface area (Å²) in [6.07, 6.45) is -5.00. The van der Waals surface area contributed by atoms with Crippen LogP contribution in [-0.2, 0) is 16.0 Å². The minimum Gasteiger partial charge on any atom is -0.469 e. The van der Waals surface area contributed by atoms with Crippen molar-refractivity contribution < 1.29 is 32.2 Å². The molecule has 3 aromatic rings. The zero-order valence-electron chi connectivity index (χ0n) is 14.4. The summed E-state index contributed by atoms with van der Waals surface area (Å²) in [4.78, 5) is 27.6. The lowest BCUT2D eigenvalue weighted by atomic mass is 10.0. The van der Waals surface area contributed by atoms with Gasteiger partial charge in [0, 0.05) is 27.1 Å². The number of hydrogen-bond donors (Lipinski definition) is 1. The molecule has 0 aliphatic carbocycles. The fraction of sp³-hybridized carbons (Fsp3) is 0.158. The third-order valence-electron chi connectivity index (χ3n) is 3.99. The molecule has 0 saturated carbocycles. The van der Waals surface area contributed by atoms with Crippen LogP contribution < -0.4 is 4.74 Å². The number of nitrogens with one attached hydrogen (secondary N) is 1. The number of halogens is 4. The Morgan fingerprint density at radius 2 is 1.79 bits per heavy atom. The van der Waals surface area contributed by atoms with E-state index in [1.54, 1.807) is 18.2 Å². The van der Waals surface area contributed by atoms with E-state index in [1.807, 2.05) is 0 Å². The van der Waals surface area contributed by atoms with Gasteiger partial charge in [0.1, 0.15) is 5.75 Å². The molecule has 1 aromatic heterocycles. The van der Waals surface area contributed by atoms with E-state index >= 15 is 0 Å². The number of H-pyrrole nitrogens is 1. The molecule has 28 heavy (non-hydrogen) atoms. The molecule has 0 fully saturated rings. The molecule has 0 atom stereocenters. The van der Waals surface area contributed by atoms with Crippen molar-refractivity contribution in [2.24, 2.45) is 0 Å². The summed E-state index contributed by atoms with van der Waals surface area (Å²) < 4.78 is 45.3. The van der Waals surface area contributed by atoms with Crippen LogP contribution in [0.4, 0.5) is 13.2 Å². The maximum Gasteiger partial charge on any atom is 0.573 e. The van der Waals surface area contributed by atoms with Crippen molar-refractivity contribution in [3.05, 3.63) is 64.3 Å². The van der Waals surface area contributed by atoms with Crippen LogP contribution in [0.15, 0.2) is 42.5 Å². The molecule has 0 radical (unpaired) electrons. The van der Waals surface area contributed by atoms with Gasteiger partial charge in [0.15, 0.2) is 0 Å². The number of benzene rings is 2. The number of aromatic amines is 1. The topological polar surface area (TPSA) is 68.4 Å². The summed E-state index contributed by atoms with van der Waals surface area (Å²) in [6.45, 7) is 0.